The predicted octanol–water partition coefficient (Wildman–Crippen LogP) is 2.61. The predicted molar refractivity (Wildman–Crippen MR) is 103 cm³/mol. The van der Waals surface area contributed by atoms with Crippen molar-refractivity contribution in [2.24, 2.45) is 4.99 Å². The van der Waals surface area contributed by atoms with Crippen LogP contribution in [0.3, 0.4) is 0 Å². The van der Waals surface area contributed by atoms with E-state index in [0.29, 0.717) is 12.5 Å². The summed E-state index contributed by atoms with van der Waals surface area (Å²) in [7, 11) is 1.70. The van der Waals surface area contributed by atoms with E-state index in [1.165, 1.54) is 18.2 Å². The van der Waals surface area contributed by atoms with Gasteiger partial charge in [-0.25, -0.2) is 8.78 Å². The second-order valence-corrected chi connectivity index (χ2v) is 6.39. The third-order valence-corrected chi connectivity index (χ3v) is 4.73. The molecule has 0 radical (unpaired) electrons. The lowest BCUT2D eigenvalue weighted by atomic mass is 10.1. The van der Waals surface area contributed by atoms with Crippen LogP contribution in [0.15, 0.2) is 47.5 Å². The number of para-hydroxylation sites is 2. The molecule has 1 aliphatic rings. The Balaban J connectivity index is 1.53. The van der Waals surface area contributed by atoms with Gasteiger partial charge in [0.1, 0.15) is 17.4 Å². The van der Waals surface area contributed by atoms with Crippen LogP contribution in [-0.2, 0) is 6.42 Å². The van der Waals surface area contributed by atoms with Gasteiger partial charge >= 0.3 is 0 Å². The molecule has 0 aliphatic carbocycles. The molecule has 0 unspecified atom stereocenters. The first-order valence-corrected chi connectivity index (χ1v) is 9.01. The van der Waals surface area contributed by atoms with E-state index in [4.69, 9.17) is 0 Å². The van der Waals surface area contributed by atoms with E-state index in [2.05, 4.69) is 20.1 Å². The summed E-state index contributed by atoms with van der Waals surface area (Å²) in [6.07, 6.45) is 0.245. The number of nitrogens with one attached hydrogen (secondary N) is 1. The normalized spacial score (nSPS) is 15.1. The van der Waals surface area contributed by atoms with Gasteiger partial charge in [0.25, 0.3) is 0 Å². The van der Waals surface area contributed by atoms with E-state index in [1.807, 2.05) is 12.1 Å². The maximum atomic E-state index is 13.7. The van der Waals surface area contributed by atoms with Crippen molar-refractivity contribution in [3.05, 3.63) is 59.7 Å². The van der Waals surface area contributed by atoms with E-state index in [0.717, 1.165) is 31.9 Å². The lowest BCUT2D eigenvalue weighted by molar-refractivity contribution is 0.370. The topological polar surface area (TPSA) is 51.1 Å². The van der Waals surface area contributed by atoms with Crippen LogP contribution < -0.4 is 10.2 Å². The van der Waals surface area contributed by atoms with Crippen LogP contribution in [0.2, 0.25) is 0 Å². The molecule has 1 aliphatic heterocycles. The molecule has 0 atom stereocenters. The van der Waals surface area contributed by atoms with Gasteiger partial charge in [0, 0.05) is 45.3 Å². The van der Waals surface area contributed by atoms with Gasteiger partial charge < -0.3 is 20.2 Å². The van der Waals surface area contributed by atoms with Gasteiger partial charge in [-0.3, -0.25) is 4.99 Å². The third kappa shape index (κ3) is 4.48. The summed E-state index contributed by atoms with van der Waals surface area (Å²) in [5.41, 5.74) is 0.917. The van der Waals surface area contributed by atoms with Gasteiger partial charge in [-0.1, -0.05) is 18.2 Å². The Hall–Kier alpha value is -2.83. The van der Waals surface area contributed by atoms with Gasteiger partial charge in [0.15, 0.2) is 5.96 Å². The summed E-state index contributed by atoms with van der Waals surface area (Å²) in [6.45, 7) is 3.37. The van der Waals surface area contributed by atoms with Crippen molar-refractivity contribution in [1.29, 1.82) is 0 Å². The third-order valence-electron chi connectivity index (χ3n) is 4.73. The summed E-state index contributed by atoms with van der Waals surface area (Å²) < 4.78 is 27.4. The zero-order valence-electron chi connectivity index (χ0n) is 15.3. The van der Waals surface area contributed by atoms with Gasteiger partial charge in [-0.2, -0.15) is 0 Å². The quantitative estimate of drug-likeness (QED) is 0.638. The fourth-order valence-electron chi connectivity index (χ4n) is 3.29. The average molecular weight is 374 g/mol. The van der Waals surface area contributed by atoms with E-state index in [-0.39, 0.29) is 17.7 Å². The van der Waals surface area contributed by atoms with Crippen LogP contribution in [0.5, 0.6) is 5.75 Å². The lowest BCUT2D eigenvalue weighted by Gasteiger charge is -2.37. The number of aliphatic imine (C=N–C) groups is 1. The zero-order chi connectivity index (χ0) is 19.2. The minimum absolute atomic E-state index is 0.0878. The van der Waals surface area contributed by atoms with Gasteiger partial charge in [0.2, 0.25) is 0 Å². The highest BCUT2D eigenvalue weighted by atomic mass is 19.1. The monoisotopic (exact) mass is 374 g/mol. The van der Waals surface area contributed by atoms with Crippen LogP contribution in [0, 0.1) is 11.6 Å². The number of guanidine groups is 1. The Labute approximate surface area is 157 Å². The molecule has 7 heteroatoms. The first kappa shape index (κ1) is 18.9. The van der Waals surface area contributed by atoms with Crippen molar-refractivity contribution in [2.75, 3.05) is 44.7 Å². The van der Waals surface area contributed by atoms with E-state index >= 15 is 0 Å². The van der Waals surface area contributed by atoms with Crippen molar-refractivity contribution in [2.45, 2.75) is 6.42 Å². The van der Waals surface area contributed by atoms with Crippen LogP contribution in [0.25, 0.3) is 0 Å². The number of rotatable bonds is 4. The number of benzene rings is 2. The molecule has 0 amide bonds. The number of hydrogen-bond donors (Lipinski definition) is 2. The molecule has 1 fully saturated rings. The van der Waals surface area contributed by atoms with Crippen molar-refractivity contribution in [3.8, 4) is 5.75 Å². The molecule has 0 bridgehead atoms. The van der Waals surface area contributed by atoms with Gasteiger partial charge in [-0.15, -0.1) is 0 Å². The summed E-state index contributed by atoms with van der Waals surface area (Å²) in [5.74, 6) is -0.0600. The number of aromatic hydroxyl groups is 1. The van der Waals surface area contributed by atoms with E-state index < -0.39 is 11.6 Å². The molecule has 27 heavy (non-hydrogen) atoms. The number of nitrogens with zero attached hydrogens (tertiary/aromatic N) is 3. The number of phenolic OH excluding ortho intramolecular Hbond substituents is 1. The minimum Gasteiger partial charge on any atom is -0.506 e. The molecule has 5 nitrogen and oxygen atoms in total. The van der Waals surface area contributed by atoms with Gasteiger partial charge in [0.05, 0.1) is 5.69 Å². The molecule has 1 heterocycles. The zero-order valence-corrected chi connectivity index (χ0v) is 15.3. The summed E-state index contributed by atoms with van der Waals surface area (Å²) >= 11 is 0. The largest absolute Gasteiger partial charge is 0.506 e. The Bertz CT molecular complexity index is 784. The Kier molecular flexibility index (Phi) is 6.11. The molecular weight excluding hydrogens is 350 g/mol. The average Bonchev–Trinajstić information content (AvgIpc) is 2.68. The molecule has 2 aromatic rings. The fraction of sp³-hybridized carbons (Fsp3) is 0.350. The molecule has 3 rings (SSSR count). The minimum atomic E-state index is -0.525. The highest BCUT2D eigenvalue weighted by Gasteiger charge is 2.21. The highest BCUT2D eigenvalue weighted by Crippen LogP contribution is 2.27. The fourth-order valence-corrected chi connectivity index (χ4v) is 3.29. The van der Waals surface area contributed by atoms with Crippen LogP contribution in [-0.4, -0.2) is 55.7 Å². The van der Waals surface area contributed by atoms with Gasteiger partial charge in [-0.05, 0) is 30.7 Å². The van der Waals surface area contributed by atoms with Crippen molar-refractivity contribution in [3.63, 3.8) is 0 Å². The molecule has 0 aromatic heterocycles. The van der Waals surface area contributed by atoms with Crippen LogP contribution >= 0.6 is 0 Å². The highest BCUT2D eigenvalue weighted by molar-refractivity contribution is 5.80. The van der Waals surface area contributed by atoms with E-state index in [9.17, 15) is 13.9 Å². The van der Waals surface area contributed by atoms with Crippen molar-refractivity contribution < 1.29 is 13.9 Å². The van der Waals surface area contributed by atoms with Crippen LogP contribution in [0.1, 0.15) is 5.56 Å². The Morgan fingerprint density at radius 1 is 1.04 bits per heavy atom. The summed E-state index contributed by atoms with van der Waals surface area (Å²) in [5, 5.41) is 13.2. The molecular formula is C20H24F2N4O. The number of piperazine rings is 1. The molecule has 0 saturated carbocycles. The molecule has 144 valence electrons. The molecule has 2 aromatic carbocycles. The standard InChI is InChI=1S/C20H24F2N4O/c1-23-20(24-10-9-15-16(21)5-4-6-17(15)22)26-13-11-25(12-14-26)18-7-2-3-8-19(18)27/h2-8,27H,9-14H2,1H3,(H,23,24). The van der Waals surface area contributed by atoms with Crippen molar-refractivity contribution in [1.82, 2.24) is 10.2 Å². The number of phenols is 1. The number of halogens is 2. The molecule has 2 N–H and O–H groups in total. The number of anilines is 1. The Morgan fingerprint density at radius 2 is 1.70 bits per heavy atom. The summed E-state index contributed by atoms with van der Waals surface area (Å²) in [6, 6.07) is 11.2. The summed E-state index contributed by atoms with van der Waals surface area (Å²) in [4.78, 5) is 8.52. The Morgan fingerprint density at radius 3 is 2.33 bits per heavy atom. The maximum absolute atomic E-state index is 13.7. The molecule has 0 spiro atoms. The maximum Gasteiger partial charge on any atom is 0.193 e. The van der Waals surface area contributed by atoms with Crippen LogP contribution in [0.4, 0.5) is 14.5 Å². The first-order valence-electron chi connectivity index (χ1n) is 9.01. The second-order valence-electron chi connectivity index (χ2n) is 6.39. The smallest absolute Gasteiger partial charge is 0.193 e. The number of hydrogen-bond acceptors (Lipinski definition) is 3. The second kappa shape index (κ2) is 8.70. The lowest BCUT2D eigenvalue weighted by Crippen LogP contribution is -2.52. The SMILES string of the molecule is CN=C(NCCc1c(F)cccc1F)N1CCN(c2ccccc2O)CC1. The van der Waals surface area contributed by atoms with Crippen molar-refractivity contribution >= 4 is 11.6 Å². The molecule has 1 saturated heterocycles. The van der Waals surface area contributed by atoms with E-state index in [1.54, 1.807) is 19.2 Å². The first-order chi connectivity index (χ1) is 13.1.